The molecule has 0 saturated heterocycles. The van der Waals surface area contributed by atoms with E-state index in [2.05, 4.69) is 10.6 Å². The normalized spacial score (nSPS) is 13.8. The Kier molecular flexibility index (Phi) is 8.08. The summed E-state index contributed by atoms with van der Waals surface area (Å²) in [5.41, 5.74) is 0. The second kappa shape index (κ2) is 8.77. The lowest BCUT2D eigenvalue weighted by Gasteiger charge is -2.17. The summed E-state index contributed by atoms with van der Waals surface area (Å²) in [5, 5.41) is 13.6. The minimum Gasteiger partial charge on any atom is -0.480 e. The van der Waals surface area contributed by atoms with Crippen LogP contribution in [0.15, 0.2) is 0 Å². The first kappa shape index (κ1) is 15.7. The van der Waals surface area contributed by atoms with Crippen molar-refractivity contribution in [2.45, 2.75) is 25.5 Å². The fraction of sp³-hybridized carbons (Fsp3) is 0.800. The molecule has 2 unspecified atom stereocenters. The average molecular weight is 248 g/mol. The van der Waals surface area contributed by atoms with Crippen LogP contribution < -0.4 is 10.6 Å². The van der Waals surface area contributed by atoms with E-state index in [1.807, 2.05) is 0 Å². The summed E-state index contributed by atoms with van der Waals surface area (Å²) in [6, 6.07) is -1.41. The van der Waals surface area contributed by atoms with E-state index in [1.165, 1.54) is 14.2 Å². The minimum absolute atomic E-state index is 0.254. The summed E-state index contributed by atoms with van der Waals surface area (Å²) in [7, 11) is 3.04. The number of rotatable bonds is 8. The van der Waals surface area contributed by atoms with Gasteiger partial charge in [0.05, 0.1) is 12.7 Å². The molecule has 0 aromatic carbocycles. The first-order chi connectivity index (χ1) is 8.04. The van der Waals surface area contributed by atoms with Gasteiger partial charge in [-0.1, -0.05) is 6.92 Å². The predicted octanol–water partition coefficient (Wildman–Crippen LogP) is -0.190. The molecule has 0 saturated carbocycles. The second-order valence-corrected chi connectivity index (χ2v) is 3.47. The van der Waals surface area contributed by atoms with E-state index in [1.54, 1.807) is 6.92 Å². The van der Waals surface area contributed by atoms with E-state index in [4.69, 9.17) is 14.6 Å². The van der Waals surface area contributed by atoms with Crippen molar-refractivity contribution < 1.29 is 24.2 Å². The van der Waals surface area contributed by atoms with Gasteiger partial charge in [-0.3, -0.25) is 0 Å². The molecule has 0 aromatic rings. The summed E-state index contributed by atoms with van der Waals surface area (Å²) >= 11 is 0. The highest BCUT2D eigenvalue weighted by atomic mass is 16.5. The zero-order valence-electron chi connectivity index (χ0n) is 10.4. The molecular weight excluding hydrogens is 228 g/mol. The highest BCUT2D eigenvalue weighted by Crippen LogP contribution is 1.92. The van der Waals surface area contributed by atoms with Crippen LogP contribution in [0.2, 0.25) is 0 Å². The van der Waals surface area contributed by atoms with Crippen LogP contribution in [0, 0.1) is 0 Å². The number of aliphatic carboxylic acids is 1. The fourth-order valence-corrected chi connectivity index (χ4v) is 1.15. The van der Waals surface area contributed by atoms with Gasteiger partial charge in [-0.15, -0.1) is 0 Å². The van der Waals surface area contributed by atoms with E-state index in [0.29, 0.717) is 13.0 Å². The van der Waals surface area contributed by atoms with Gasteiger partial charge >= 0.3 is 12.0 Å². The van der Waals surface area contributed by atoms with E-state index < -0.39 is 18.0 Å². The Morgan fingerprint density at radius 2 is 2.00 bits per heavy atom. The first-order valence-corrected chi connectivity index (χ1v) is 5.34. The Balaban J connectivity index is 3.96. The van der Waals surface area contributed by atoms with Crippen LogP contribution in [0.5, 0.6) is 0 Å². The molecule has 0 radical (unpaired) electrons. The molecule has 7 nitrogen and oxygen atoms in total. The second-order valence-electron chi connectivity index (χ2n) is 3.47. The van der Waals surface area contributed by atoms with Crippen molar-refractivity contribution in [1.82, 2.24) is 10.6 Å². The molecule has 17 heavy (non-hydrogen) atoms. The molecule has 7 heteroatoms. The summed E-state index contributed by atoms with van der Waals surface area (Å²) in [5.74, 6) is -1.05. The number of carboxylic acids is 1. The number of hydrogen-bond donors (Lipinski definition) is 3. The van der Waals surface area contributed by atoms with Crippen molar-refractivity contribution in [3.63, 3.8) is 0 Å². The number of hydrogen-bond acceptors (Lipinski definition) is 4. The first-order valence-electron chi connectivity index (χ1n) is 5.34. The third kappa shape index (κ3) is 6.75. The maximum absolute atomic E-state index is 11.4. The zero-order chi connectivity index (χ0) is 13.3. The maximum atomic E-state index is 11.4. The van der Waals surface area contributed by atoms with Gasteiger partial charge in [0.1, 0.15) is 6.04 Å². The molecular formula is C10H20N2O5. The Bertz CT molecular complexity index is 247. The molecule has 100 valence electrons. The summed E-state index contributed by atoms with van der Waals surface area (Å²) in [4.78, 5) is 22.0. The highest BCUT2D eigenvalue weighted by molar-refractivity contribution is 5.82. The number of ether oxygens (including phenoxy) is 2. The summed E-state index contributed by atoms with van der Waals surface area (Å²) in [6.07, 6.45) is 0.0739. The van der Waals surface area contributed by atoms with Crippen molar-refractivity contribution in [3.8, 4) is 0 Å². The summed E-state index contributed by atoms with van der Waals surface area (Å²) in [6.45, 7) is 2.29. The van der Waals surface area contributed by atoms with Crippen LogP contribution in [0.3, 0.4) is 0 Å². The number of carbonyl (C=O) groups is 2. The summed E-state index contributed by atoms with van der Waals surface area (Å²) < 4.78 is 9.91. The lowest BCUT2D eigenvalue weighted by Crippen LogP contribution is -2.48. The monoisotopic (exact) mass is 248 g/mol. The van der Waals surface area contributed by atoms with Gasteiger partial charge in [-0.2, -0.15) is 0 Å². The van der Waals surface area contributed by atoms with Gasteiger partial charge in [-0.05, 0) is 6.42 Å². The van der Waals surface area contributed by atoms with Crippen molar-refractivity contribution in [2.24, 2.45) is 0 Å². The quantitative estimate of drug-likeness (QED) is 0.553. The highest BCUT2D eigenvalue weighted by Gasteiger charge is 2.17. The standard InChI is InChI=1S/C10H20N2O5/c1-4-8(9(13)14)12-10(15)11-5-7(17-3)6-16-2/h7-8H,4-6H2,1-3H3,(H,13,14)(H2,11,12,15). The third-order valence-electron chi connectivity index (χ3n) is 2.19. The Labute approximate surface area is 100 Å². The number of carbonyl (C=O) groups excluding carboxylic acids is 1. The van der Waals surface area contributed by atoms with Gasteiger partial charge in [0, 0.05) is 20.8 Å². The minimum atomic E-state index is -1.05. The third-order valence-corrected chi connectivity index (χ3v) is 2.19. The van der Waals surface area contributed by atoms with Crippen LogP contribution in [0.4, 0.5) is 4.79 Å². The smallest absolute Gasteiger partial charge is 0.326 e. The average Bonchev–Trinajstić information content (AvgIpc) is 2.30. The lowest BCUT2D eigenvalue weighted by atomic mass is 10.2. The van der Waals surface area contributed by atoms with Gasteiger partial charge in [-0.25, -0.2) is 9.59 Å². The van der Waals surface area contributed by atoms with Gasteiger partial charge in [0.2, 0.25) is 0 Å². The van der Waals surface area contributed by atoms with Crippen molar-refractivity contribution in [1.29, 1.82) is 0 Å². The Hall–Kier alpha value is -1.34. The van der Waals surface area contributed by atoms with Crippen molar-refractivity contribution in [3.05, 3.63) is 0 Å². The maximum Gasteiger partial charge on any atom is 0.326 e. The van der Waals surface area contributed by atoms with Crippen LogP contribution in [0.1, 0.15) is 13.3 Å². The molecule has 0 fully saturated rings. The molecule has 0 heterocycles. The molecule has 2 amide bonds. The Morgan fingerprint density at radius 1 is 1.35 bits per heavy atom. The fourth-order valence-electron chi connectivity index (χ4n) is 1.15. The number of nitrogens with one attached hydrogen (secondary N) is 2. The van der Waals surface area contributed by atoms with E-state index in [-0.39, 0.29) is 12.6 Å². The molecule has 0 aliphatic carbocycles. The number of amides is 2. The van der Waals surface area contributed by atoms with E-state index in [9.17, 15) is 9.59 Å². The predicted molar refractivity (Wildman–Crippen MR) is 60.9 cm³/mol. The molecule has 0 aliphatic rings. The molecule has 0 aliphatic heterocycles. The van der Waals surface area contributed by atoms with Crippen LogP contribution in [0.25, 0.3) is 0 Å². The SMILES string of the molecule is CCC(NC(=O)NCC(COC)OC)C(=O)O. The zero-order valence-corrected chi connectivity index (χ0v) is 10.4. The van der Waals surface area contributed by atoms with Crippen molar-refractivity contribution in [2.75, 3.05) is 27.4 Å². The van der Waals surface area contributed by atoms with E-state index >= 15 is 0 Å². The van der Waals surface area contributed by atoms with Crippen LogP contribution in [-0.4, -0.2) is 56.6 Å². The molecule has 0 aromatic heterocycles. The molecule has 0 rings (SSSR count). The largest absolute Gasteiger partial charge is 0.480 e. The number of carboxylic acid groups (broad SMARTS) is 1. The van der Waals surface area contributed by atoms with Gasteiger partial charge in [0.25, 0.3) is 0 Å². The van der Waals surface area contributed by atoms with Crippen molar-refractivity contribution >= 4 is 12.0 Å². The van der Waals surface area contributed by atoms with Crippen LogP contribution in [-0.2, 0) is 14.3 Å². The molecule has 3 N–H and O–H groups in total. The molecule has 0 spiro atoms. The Morgan fingerprint density at radius 3 is 2.41 bits per heavy atom. The molecule has 2 atom stereocenters. The van der Waals surface area contributed by atoms with E-state index in [0.717, 1.165) is 0 Å². The van der Waals surface area contributed by atoms with Gasteiger partial charge in [0.15, 0.2) is 0 Å². The topological polar surface area (TPSA) is 96.9 Å². The van der Waals surface area contributed by atoms with Crippen LogP contribution >= 0.6 is 0 Å². The molecule has 0 bridgehead atoms. The number of urea groups is 1. The lowest BCUT2D eigenvalue weighted by molar-refractivity contribution is -0.139. The number of methoxy groups -OCH3 is 2. The van der Waals surface area contributed by atoms with Gasteiger partial charge < -0.3 is 25.2 Å².